The third-order valence-electron chi connectivity index (χ3n) is 2.99. The molecule has 0 saturated heterocycles. The van der Waals surface area contributed by atoms with E-state index in [1.165, 1.54) is 18.2 Å². The number of hydrogen-bond acceptors (Lipinski definition) is 4. The number of rotatable bonds is 5. The minimum Gasteiger partial charge on any atom is -0.872 e. The van der Waals surface area contributed by atoms with Gasteiger partial charge in [0, 0.05) is 9.13 Å². The number of carbonyl (C=O) groups is 1. The zero-order valence-electron chi connectivity index (χ0n) is 11.7. The molecule has 2 rings (SSSR count). The van der Waals surface area contributed by atoms with Crippen molar-refractivity contribution in [2.75, 3.05) is 7.11 Å². The van der Waals surface area contributed by atoms with Gasteiger partial charge in [0.25, 0.3) is 0 Å². The molecule has 0 aliphatic rings. The Balaban J connectivity index is 2.25. The lowest BCUT2D eigenvalue weighted by molar-refractivity contribution is -0.268. The first-order valence-electron chi connectivity index (χ1n) is 6.22. The van der Waals surface area contributed by atoms with E-state index >= 15 is 0 Å². The highest BCUT2D eigenvalue weighted by Crippen LogP contribution is 2.34. The number of aromatic carboxylic acids is 1. The monoisotopic (exact) mass is 651 g/mol. The zero-order valence-corrected chi connectivity index (χ0v) is 18.2. The van der Waals surface area contributed by atoms with Crippen LogP contribution in [0.25, 0.3) is 0 Å². The van der Waals surface area contributed by atoms with Crippen LogP contribution in [-0.2, 0) is 6.61 Å². The Hall–Kier alpha value is -0.500. The Morgan fingerprint density at radius 3 is 2.48 bits per heavy atom. The molecule has 1 N–H and O–H groups in total. The Morgan fingerprint density at radius 2 is 1.91 bits per heavy atom. The molecule has 0 bridgehead atoms. The molecule has 0 aliphatic heterocycles. The number of methoxy groups -OCH3 is 1. The van der Waals surface area contributed by atoms with Crippen molar-refractivity contribution < 1.29 is 24.5 Å². The van der Waals surface area contributed by atoms with Crippen LogP contribution in [0.1, 0.15) is 15.9 Å². The predicted octanol–water partition coefficient (Wildman–Crippen LogP) is 3.86. The molecular weight excluding hydrogens is 641 g/mol. The highest BCUT2D eigenvalue weighted by Gasteiger charge is 2.15. The number of ether oxygens (including phenoxy) is 2. The topological polar surface area (TPSA) is 78.8 Å². The number of benzene rings is 2. The van der Waals surface area contributed by atoms with Gasteiger partial charge in [0.05, 0.1) is 19.8 Å². The first-order valence-corrected chi connectivity index (χ1v) is 9.46. The van der Waals surface area contributed by atoms with Gasteiger partial charge in [0.1, 0.15) is 18.1 Å². The first-order chi connectivity index (χ1) is 10.8. The summed E-state index contributed by atoms with van der Waals surface area (Å²) in [4.78, 5) is 10.8. The predicted molar refractivity (Wildman–Crippen MR) is 108 cm³/mol. The molecule has 0 amide bonds. The zero-order chi connectivity index (χ0) is 17.1. The van der Waals surface area contributed by atoms with Gasteiger partial charge in [-0.2, -0.15) is 0 Å². The van der Waals surface area contributed by atoms with Crippen LogP contribution in [0.2, 0.25) is 0 Å². The van der Waals surface area contributed by atoms with E-state index in [2.05, 4.69) is 67.8 Å². The molecule has 0 atom stereocenters. The smallest absolute Gasteiger partial charge is 0.335 e. The van der Waals surface area contributed by atoms with Crippen molar-refractivity contribution in [1.29, 1.82) is 0 Å². The molecule has 122 valence electrons. The normalized spacial score (nSPS) is 10.4. The quantitative estimate of drug-likeness (QED) is 0.498. The Kier molecular flexibility index (Phi) is 6.59. The molecule has 5 nitrogen and oxygen atoms in total. The molecule has 8 heteroatoms. The fourth-order valence-electron chi connectivity index (χ4n) is 1.85. The van der Waals surface area contributed by atoms with Gasteiger partial charge in [-0.15, -0.1) is 0 Å². The lowest BCUT2D eigenvalue weighted by Crippen LogP contribution is -2.06. The second kappa shape index (κ2) is 8.05. The molecule has 0 heterocycles. The van der Waals surface area contributed by atoms with Gasteiger partial charge in [0.2, 0.25) is 0 Å². The van der Waals surface area contributed by atoms with Crippen molar-refractivity contribution in [2.45, 2.75) is 6.61 Å². The summed E-state index contributed by atoms with van der Waals surface area (Å²) < 4.78 is 14.0. The van der Waals surface area contributed by atoms with Crippen molar-refractivity contribution in [3.8, 4) is 17.2 Å². The molecule has 0 fully saturated rings. The van der Waals surface area contributed by atoms with Crippen molar-refractivity contribution in [3.05, 3.63) is 46.1 Å². The third-order valence-corrected chi connectivity index (χ3v) is 5.90. The van der Waals surface area contributed by atoms with E-state index in [0.29, 0.717) is 5.75 Å². The number of carboxylic acid groups (broad SMARTS) is 1. The largest absolute Gasteiger partial charge is 0.872 e. The molecule has 2 aromatic carbocycles. The fraction of sp³-hybridized carbons (Fsp3) is 0.133. The minimum atomic E-state index is -1.24. The van der Waals surface area contributed by atoms with E-state index in [0.717, 1.165) is 22.0 Å². The summed E-state index contributed by atoms with van der Waals surface area (Å²) >= 11 is 6.63. The number of halogens is 3. The standard InChI is InChI=1S/C15H11I3O5/c1-22-14-11(17)5-10(16)9(13(14)18)6-23-7-2-3-8(15(20)21)12(19)4-7/h2-5,19H,6H2,1H3,(H,20,21)/p-1. The maximum Gasteiger partial charge on any atom is 0.335 e. The summed E-state index contributed by atoms with van der Waals surface area (Å²) in [6, 6.07) is 5.92. The van der Waals surface area contributed by atoms with E-state index in [4.69, 9.17) is 14.6 Å². The first kappa shape index (κ1) is 18.8. The van der Waals surface area contributed by atoms with Gasteiger partial charge in [0.15, 0.2) is 0 Å². The summed E-state index contributed by atoms with van der Waals surface area (Å²) in [5, 5.41) is 20.6. The van der Waals surface area contributed by atoms with Crippen molar-refractivity contribution >= 4 is 73.7 Å². The summed E-state index contributed by atoms with van der Waals surface area (Å²) in [5.41, 5.74) is 0.690. The van der Waals surface area contributed by atoms with Gasteiger partial charge >= 0.3 is 5.97 Å². The second-order valence-electron chi connectivity index (χ2n) is 4.42. The van der Waals surface area contributed by atoms with Crippen LogP contribution < -0.4 is 14.6 Å². The van der Waals surface area contributed by atoms with Crippen molar-refractivity contribution in [2.24, 2.45) is 0 Å². The van der Waals surface area contributed by atoms with Gasteiger partial charge in [-0.1, -0.05) is 5.75 Å². The minimum absolute atomic E-state index is 0.260. The lowest BCUT2D eigenvalue weighted by atomic mass is 10.2. The van der Waals surface area contributed by atoms with Crippen LogP contribution in [0, 0.1) is 10.7 Å². The second-order valence-corrected chi connectivity index (χ2v) is 7.82. The molecule has 0 aliphatic carbocycles. The average Bonchev–Trinajstić information content (AvgIpc) is 2.46. The van der Waals surface area contributed by atoms with E-state index in [-0.39, 0.29) is 12.2 Å². The fourth-order valence-corrected chi connectivity index (χ4v) is 5.98. The molecule has 0 unspecified atom stereocenters. The summed E-state index contributed by atoms with van der Waals surface area (Å²) in [7, 11) is 1.62. The Bertz CT molecular complexity index is 761. The van der Waals surface area contributed by atoms with Crippen LogP contribution in [0.4, 0.5) is 0 Å². The molecule has 23 heavy (non-hydrogen) atoms. The lowest BCUT2D eigenvalue weighted by Gasteiger charge is -2.16. The highest BCUT2D eigenvalue weighted by molar-refractivity contribution is 14.1. The molecule has 0 aromatic heterocycles. The van der Waals surface area contributed by atoms with Crippen LogP contribution >= 0.6 is 67.8 Å². The third kappa shape index (κ3) is 4.32. The maximum absolute atomic E-state index is 11.7. The van der Waals surface area contributed by atoms with Crippen molar-refractivity contribution in [1.82, 2.24) is 0 Å². The van der Waals surface area contributed by atoms with Gasteiger partial charge in [-0.05, 0) is 92.0 Å². The van der Waals surface area contributed by atoms with E-state index in [1.807, 2.05) is 6.07 Å². The van der Waals surface area contributed by atoms with Gasteiger partial charge in [-0.3, -0.25) is 0 Å². The number of carboxylic acids is 1. The summed E-state index contributed by atoms with van der Waals surface area (Å²) in [5.74, 6) is -0.687. The van der Waals surface area contributed by atoms with Crippen LogP contribution in [0.15, 0.2) is 24.3 Å². The van der Waals surface area contributed by atoms with E-state index < -0.39 is 11.7 Å². The van der Waals surface area contributed by atoms with Crippen LogP contribution in [0.5, 0.6) is 17.2 Å². The van der Waals surface area contributed by atoms with Crippen LogP contribution in [-0.4, -0.2) is 18.2 Å². The molecular formula is C15H10I3O5-. The Labute approximate surface area is 173 Å². The molecule has 0 saturated carbocycles. The van der Waals surface area contributed by atoms with Crippen LogP contribution in [0.3, 0.4) is 0 Å². The van der Waals surface area contributed by atoms with Gasteiger partial charge < -0.3 is 19.7 Å². The molecule has 0 spiro atoms. The van der Waals surface area contributed by atoms with Crippen molar-refractivity contribution in [3.63, 3.8) is 0 Å². The van der Waals surface area contributed by atoms with E-state index in [9.17, 15) is 9.90 Å². The maximum atomic E-state index is 11.7. The van der Waals surface area contributed by atoms with Gasteiger partial charge in [-0.25, -0.2) is 4.79 Å². The van der Waals surface area contributed by atoms with E-state index in [1.54, 1.807) is 7.11 Å². The highest BCUT2D eigenvalue weighted by atomic mass is 127. The Morgan fingerprint density at radius 1 is 1.22 bits per heavy atom. The molecule has 2 aromatic rings. The molecule has 0 radical (unpaired) electrons. The summed E-state index contributed by atoms with van der Waals surface area (Å²) in [6.45, 7) is 0.260. The number of hydrogen-bond donors (Lipinski definition) is 1. The summed E-state index contributed by atoms with van der Waals surface area (Å²) in [6.07, 6.45) is 0. The average molecular weight is 651 g/mol. The SMILES string of the molecule is COc1c(I)cc(I)c(COc2ccc(C(=O)O)c([O-])c2)c1I.